The van der Waals surface area contributed by atoms with E-state index < -0.39 is 12.0 Å². The Labute approximate surface area is 167 Å². The van der Waals surface area contributed by atoms with E-state index in [1.165, 1.54) is 0 Å². The molecular formula is C19H25BrN2O5. The number of carbonyl (C=O) groups is 2. The van der Waals surface area contributed by atoms with Gasteiger partial charge in [-0.15, -0.1) is 0 Å². The maximum absolute atomic E-state index is 12.7. The maximum Gasteiger partial charge on any atom is 0.338 e. The lowest BCUT2D eigenvalue weighted by Crippen LogP contribution is -2.46. The highest BCUT2D eigenvalue weighted by molar-refractivity contribution is 9.10. The highest BCUT2D eigenvalue weighted by Crippen LogP contribution is 2.40. The number of methoxy groups -OCH3 is 1. The zero-order valence-corrected chi connectivity index (χ0v) is 17.7. The number of halogens is 1. The van der Waals surface area contributed by atoms with E-state index in [-0.39, 0.29) is 12.1 Å². The predicted octanol–water partition coefficient (Wildman–Crippen LogP) is 3.83. The first-order valence-corrected chi connectivity index (χ1v) is 9.63. The molecule has 1 aliphatic heterocycles. The van der Waals surface area contributed by atoms with Crippen LogP contribution in [0.25, 0.3) is 0 Å². The van der Waals surface area contributed by atoms with Gasteiger partial charge in [0.1, 0.15) is 0 Å². The summed E-state index contributed by atoms with van der Waals surface area (Å²) >= 11 is 3.47. The van der Waals surface area contributed by atoms with Crippen molar-refractivity contribution in [3.8, 4) is 11.5 Å². The normalized spacial score (nSPS) is 16.7. The molecular weight excluding hydrogens is 416 g/mol. The van der Waals surface area contributed by atoms with Crippen LogP contribution in [0.1, 0.15) is 45.7 Å². The van der Waals surface area contributed by atoms with Crippen LogP contribution in [0.15, 0.2) is 27.9 Å². The fourth-order valence-electron chi connectivity index (χ4n) is 2.88. The number of hydrogen-bond acceptors (Lipinski definition) is 5. The summed E-state index contributed by atoms with van der Waals surface area (Å²) in [7, 11) is 1.55. The summed E-state index contributed by atoms with van der Waals surface area (Å²) in [5.74, 6) is 0.600. The zero-order chi connectivity index (χ0) is 20.1. The lowest BCUT2D eigenvalue weighted by atomic mass is 9.94. The number of carbonyl (C=O) groups excluding carboxylic acids is 2. The van der Waals surface area contributed by atoms with Crippen molar-refractivity contribution < 1.29 is 23.8 Å². The van der Waals surface area contributed by atoms with E-state index in [0.29, 0.717) is 45.8 Å². The summed E-state index contributed by atoms with van der Waals surface area (Å²) in [6, 6.07) is 2.52. The monoisotopic (exact) mass is 440 g/mol. The molecule has 0 aromatic heterocycles. The molecule has 0 bridgehead atoms. The van der Waals surface area contributed by atoms with Crippen LogP contribution in [0, 0.1) is 0 Å². The quantitative estimate of drug-likeness (QED) is 0.629. The van der Waals surface area contributed by atoms with Gasteiger partial charge in [0.2, 0.25) is 0 Å². The van der Waals surface area contributed by atoms with Crippen molar-refractivity contribution in [3.63, 3.8) is 0 Å². The predicted molar refractivity (Wildman–Crippen MR) is 105 cm³/mol. The van der Waals surface area contributed by atoms with E-state index in [2.05, 4.69) is 26.6 Å². The van der Waals surface area contributed by atoms with Gasteiger partial charge in [0.15, 0.2) is 11.5 Å². The number of esters is 1. The molecule has 2 rings (SSSR count). The standard InChI is InChI=1S/C19H25BrN2O5/c1-6-13-15(18(23)27-10(3)4)16(22-19(24)21-13)11-8-12(20)17(25-5)14(9-11)26-7-2/h8-10,16H,6-7H2,1-5H3,(H2,21,22,24). The molecule has 0 saturated heterocycles. The molecule has 1 unspecified atom stereocenters. The Bertz CT molecular complexity index is 761. The molecule has 8 heteroatoms. The Morgan fingerprint density at radius 1 is 1.30 bits per heavy atom. The molecule has 1 atom stereocenters. The summed E-state index contributed by atoms with van der Waals surface area (Å²) in [5.41, 5.74) is 1.60. The molecule has 148 valence electrons. The van der Waals surface area contributed by atoms with Crippen molar-refractivity contribution in [3.05, 3.63) is 33.4 Å². The average Bonchev–Trinajstić information content (AvgIpc) is 2.60. The van der Waals surface area contributed by atoms with Crippen LogP contribution in [0.5, 0.6) is 11.5 Å². The lowest BCUT2D eigenvalue weighted by molar-refractivity contribution is -0.143. The minimum atomic E-state index is -0.665. The van der Waals surface area contributed by atoms with E-state index in [0.717, 1.165) is 0 Å². The number of allylic oxidation sites excluding steroid dienone is 1. The lowest BCUT2D eigenvalue weighted by Gasteiger charge is -2.30. The molecule has 0 saturated carbocycles. The van der Waals surface area contributed by atoms with Gasteiger partial charge < -0.3 is 24.8 Å². The molecule has 1 aromatic rings. The molecule has 0 fully saturated rings. The Hall–Kier alpha value is -2.22. The van der Waals surface area contributed by atoms with Crippen LogP contribution < -0.4 is 20.1 Å². The van der Waals surface area contributed by atoms with Crippen LogP contribution in [0.2, 0.25) is 0 Å². The van der Waals surface area contributed by atoms with Crippen LogP contribution in [-0.4, -0.2) is 31.8 Å². The average molecular weight is 441 g/mol. The Morgan fingerprint density at radius 3 is 2.56 bits per heavy atom. The number of nitrogens with one attached hydrogen (secondary N) is 2. The van der Waals surface area contributed by atoms with Gasteiger partial charge in [-0.2, -0.15) is 0 Å². The fraction of sp³-hybridized carbons (Fsp3) is 0.474. The second-order valence-corrected chi connectivity index (χ2v) is 7.05. The Balaban J connectivity index is 2.59. The third-order valence-electron chi connectivity index (χ3n) is 3.94. The first-order valence-electron chi connectivity index (χ1n) is 8.84. The molecule has 0 spiro atoms. The van der Waals surface area contributed by atoms with Gasteiger partial charge in [-0.05, 0) is 60.8 Å². The topological polar surface area (TPSA) is 85.9 Å². The summed E-state index contributed by atoms with van der Waals surface area (Å²) in [6.45, 7) is 7.75. The van der Waals surface area contributed by atoms with E-state index in [9.17, 15) is 9.59 Å². The second-order valence-electron chi connectivity index (χ2n) is 6.20. The maximum atomic E-state index is 12.7. The van der Waals surface area contributed by atoms with Gasteiger partial charge >= 0.3 is 12.0 Å². The van der Waals surface area contributed by atoms with Gasteiger partial charge in [-0.25, -0.2) is 9.59 Å². The number of urea groups is 1. The van der Waals surface area contributed by atoms with Crippen molar-refractivity contribution in [1.82, 2.24) is 10.6 Å². The summed E-state index contributed by atoms with van der Waals surface area (Å²) < 4.78 is 17.1. The third-order valence-corrected chi connectivity index (χ3v) is 4.53. The molecule has 2 N–H and O–H groups in total. The van der Waals surface area contributed by atoms with Gasteiger partial charge in [-0.3, -0.25) is 0 Å². The number of rotatable bonds is 7. The van der Waals surface area contributed by atoms with E-state index in [1.54, 1.807) is 33.1 Å². The van der Waals surface area contributed by atoms with Gasteiger partial charge in [0, 0.05) is 5.70 Å². The summed E-state index contributed by atoms with van der Waals surface area (Å²) in [6.07, 6.45) is 0.213. The van der Waals surface area contributed by atoms with E-state index in [1.807, 2.05) is 13.8 Å². The van der Waals surface area contributed by atoms with Gasteiger partial charge in [-0.1, -0.05) is 6.92 Å². The van der Waals surface area contributed by atoms with Gasteiger partial charge in [0.05, 0.1) is 35.9 Å². The Kier molecular flexibility index (Phi) is 7.12. The largest absolute Gasteiger partial charge is 0.492 e. The van der Waals surface area contributed by atoms with Crippen LogP contribution >= 0.6 is 15.9 Å². The van der Waals surface area contributed by atoms with Crippen molar-refractivity contribution in [2.45, 2.75) is 46.3 Å². The third kappa shape index (κ3) is 4.74. The number of hydrogen-bond donors (Lipinski definition) is 2. The van der Waals surface area contributed by atoms with Gasteiger partial charge in [0.25, 0.3) is 0 Å². The van der Waals surface area contributed by atoms with Crippen molar-refractivity contribution >= 4 is 27.9 Å². The SMILES string of the molecule is CCOc1cc(C2NC(=O)NC(CC)=C2C(=O)OC(C)C)cc(Br)c1OC. The first-order chi connectivity index (χ1) is 12.8. The van der Waals surface area contributed by atoms with Crippen LogP contribution in [0.4, 0.5) is 4.79 Å². The summed E-state index contributed by atoms with van der Waals surface area (Å²) in [4.78, 5) is 24.9. The second kappa shape index (κ2) is 9.12. The number of amides is 2. The first kappa shape index (κ1) is 21.1. The van der Waals surface area contributed by atoms with Crippen molar-refractivity contribution in [2.75, 3.05) is 13.7 Å². The Morgan fingerprint density at radius 2 is 2.00 bits per heavy atom. The van der Waals surface area contributed by atoms with E-state index >= 15 is 0 Å². The molecule has 7 nitrogen and oxygen atoms in total. The zero-order valence-electron chi connectivity index (χ0n) is 16.1. The molecule has 0 aliphatic carbocycles. The molecule has 2 amide bonds. The number of ether oxygens (including phenoxy) is 3. The molecule has 0 radical (unpaired) electrons. The highest BCUT2D eigenvalue weighted by Gasteiger charge is 2.34. The summed E-state index contributed by atoms with van der Waals surface area (Å²) in [5, 5.41) is 5.52. The van der Waals surface area contributed by atoms with Crippen molar-refractivity contribution in [1.29, 1.82) is 0 Å². The molecule has 27 heavy (non-hydrogen) atoms. The molecule has 1 aromatic carbocycles. The van der Waals surface area contributed by atoms with Crippen molar-refractivity contribution in [2.24, 2.45) is 0 Å². The molecule has 1 aliphatic rings. The fourth-order valence-corrected chi connectivity index (χ4v) is 3.50. The van der Waals surface area contributed by atoms with Crippen LogP contribution in [0.3, 0.4) is 0 Å². The van der Waals surface area contributed by atoms with E-state index in [4.69, 9.17) is 14.2 Å². The van der Waals surface area contributed by atoms with Crippen LogP contribution in [-0.2, 0) is 9.53 Å². The smallest absolute Gasteiger partial charge is 0.338 e. The minimum absolute atomic E-state index is 0.275. The molecule has 1 heterocycles. The highest BCUT2D eigenvalue weighted by atomic mass is 79.9. The number of benzene rings is 1. The minimum Gasteiger partial charge on any atom is -0.492 e.